The molecule has 0 aliphatic rings. The lowest BCUT2D eigenvalue weighted by Gasteiger charge is -2.34. The summed E-state index contributed by atoms with van der Waals surface area (Å²) in [7, 11) is -3.22. The lowest BCUT2D eigenvalue weighted by atomic mass is 9.98. The number of rotatable bonds is 9. The molecule has 0 aliphatic carbocycles. The zero-order chi connectivity index (χ0) is 65.7. The van der Waals surface area contributed by atoms with Crippen LogP contribution in [0.15, 0.2) is 259 Å². The summed E-state index contributed by atoms with van der Waals surface area (Å²) in [6, 6.07) is 18.3. The van der Waals surface area contributed by atoms with Crippen LogP contribution >= 0.6 is 0 Å². The topological polar surface area (TPSA) is 56.7 Å². The Balaban J connectivity index is 1.15. The number of furan rings is 1. The molecular weight excluding hydrogens is 857 g/mol. The predicted octanol–water partition coefficient (Wildman–Crippen LogP) is 12.9. The quantitative estimate of drug-likeness (QED) is 0.107. The molecule has 10 aromatic carbocycles. The third-order valence-corrected chi connectivity index (χ3v) is 16.8. The first kappa shape index (κ1) is 23.2. The molecule has 6 heteroatoms. The molecule has 0 N–H and O–H groups in total. The molecule has 5 nitrogen and oxygen atoms in total. The van der Waals surface area contributed by atoms with Gasteiger partial charge in [-0.25, -0.2) is 15.0 Å². The van der Waals surface area contributed by atoms with Crippen LogP contribution in [0.25, 0.3) is 94.7 Å². The number of aromatic nitrogens is 4. The number of hydrogen-bond acceptors (Lipinski definition) is 4. The second-order valence-corrected chi connectivity index (χ2v) is 19.6. The van der Waals surface area contributed by atoms with Crippen LogP contribution in [0.1, 0.15) is 31.5 Å². The summed E-state index contributed by atoms with van der Waals surface area (Å²) in [4.78, 5) is 14.4. The Kier molecular flexibility index (Phi) is 5.61. The molecule has 0 saturated heterocycles. The Hall–Kier alpha value is -8.97. The number of hydrogen-bond donors (Lipinski definition) is 0. The van der Waals surface area contributed by atoms with E-state index in [1.165, 1.54) is 0 Å². The van der Waals surface area contributed by atoms with Crippen LogP contribution in [0.5, 0.6) is 0 Å². The van der Waals surface area contributed by atoms with Gasteiger partial charge in [-0.3, -0.25) is 0 Å². The maximum absolute atomic E-state index is 9.78. The van der Waals surface area contributed by atoms with Crippen molar-refractivity contribution in [2.45, 2.75) is 0 Å². The molecule has 0 radical (unpaired) electrons. The standard InChI is InChI=1S/C63H42N4OSi/c1-4-19-46(20-5-1)69(47-21-6-2-7-22-47,48-23-8-3-9-24-48)49-41-39-45(40-42-49)62-64-61(44-37-35-43(36-38-44)50-29-18-34-59-60(50)54-28-13-17-33-58(54)68-59)65-63(66-62)53-27-12-16-32-57(53)67-55-30-14-10-25-51(55)52-26-11-15-31-56(52)67/h1-42H/i10D,11D,12D,13D,14D,15D,16D,17D,18D,25D,26D,27D,28D,29D,30D,31D,32D,33D,34D,35D,36D,37D,38D. The van der Waals surface area contributed by atoms with Crippen molar-refractivity contribution in [1.82, 2.24) is 19.5 Å². The Morgan fingerprint density at radius 1 is 0.362 bits per heavy atom. The van der Waals surface area contributed by atoms with Gasteiger partial charge in [-0.15, -0.1) is 0 Å². The molecule has 3 heterocycles. The third kappa shape index (κ3) is 6.72. The molecule has 3 aromatic heterocycles. The van der Waals surface area contributed by atoms with E-state index < -0.39 is 220 Å². The van der Waals surface area contributed by atoms with Crippen molar-refractivity contribution >= 4 is 72.6 Å². The Morgan fingerprint density at radius 3 is 1.45 bits per heavy atom. The lowest BCUT2D eigenvalue weighted by molar-refractivity contribution is 0.669. The SMILES string of the molecule is [2H]c1c([2H])c([2H])c(-n2c3c([2H])c([2H])c([2H])c([2H])c3c3c([2H])c([2H])c([2H])c([2H])c32)c(-c2nc(-c3ccc([Si](c4ccccc4)(c4ccccc4)c4ccccc4)cc3)nc(-c3c([2H])c([2H])c(-c4c([2H])c([2H])c([2H])c5oc6c([2H])c([2H])c([2H])c([2H])c6c45)c([2H])c3[2H])n2)c1[2H]. The van der Waals surface area contributed by atoms with Crippen molar-refractivity contribution in [3.8, 4) is 51.0 Å². The normalized spacial score (nSPS) is 16.4. The highest BCUT2D eigenvalue weighted by atomic mass is 28.3. The van der Waals surface area contributed by atoms with Gasteiger partial charge in [0.15, 0.2) is 25.5 Å². The predicted molar refractivity (Wildman–Crippen MR) is 287 cm³/mol. The monoisotopic (exact) mass is 921 g/mol. The molecule has 0 fully saturated rings. The van der Waals surface area contributed by atoms with Crippen LogP contribution in [-0.2, 0) is 0 Å². The molecule has 0 spiro atoms. The van der Waals surface area contributed by atoms with E-state index in [1.807, 2.05) is 66.7 Å². The Labute approximate surface area is 432 Å². The van der Waals surface area contributed by atoms with Gasteiger partial charge in [0.2, 0.25) is 0 Å². The maximum atomic E-state index is 9.78. The minimum Gasteiger partial charge on any atom is -0.456 e. The van der Waals surface area contributed by atoms with Crippen LogP contribution in [-0.4, -0.2) is 27.6 Å². The molecule has 69 heavy (non-hydrogen) atoms. The van der Waals surface area contributed by atoms with E-state index in [0.717, 1.165) is 25.3 Å². The van der Waals surface area contributed by atoms with Crippen molar-refractivity contribution < 1.29 is 35.9 Å². The van der Waals surface area contributed by atoms with Gasteiger partial charge in [-0.05, 0) is 68.1 Å². The zero-order valence-corrected chi connectivity index (χ0v) is 36.7. The molecule has 0 unspecified atom stereocenters. The second-order valence-electron chi connectivity index (χ2n) is 15.7. The molecule has 0 atom stereocenters. The van der Waals surface area contributed by atoms with Crippen molar-refractivity contribution in [3.63, 3.8) is 0 Å². The largest absolute Gasteiger partial charge is 0.456 e. The third-order valence-electron chi connectivity index (χ3n) is 12.0. The van der Waals surface area contributed by atoms with Crippen molar-refractivity contribution in [1.29, 1.82) is 0 Å². The van der Waals surface area contributed by atoms with Gasteiger partial charge >= 0.3 is 0 Å². The fourth-order valence-electron chi connectivity index (χ4n) is 9.04. The first-order valence-electron chi connectivity index (χ1n) is 33.0. The molecule has 0 saturated carbocycles. The van der Waals surface area contributed by atoms with Gasteiger partial charge in [-0.2, -0.15) is 0 Å². The molecule has 13 aromatic rings. The molecule has 13 rings (SSSR count). The lowest BCUT2D eigenvalue weighted by Crippen LogP contribution is -2.74. The van der Waals surface area contributed by atoms with Crippen molar-refractivity contribution in [2.75, 3.05) is 0 Å². The van der Waals surface area contributed by atoms with Gasteiger partial charge in [0.25, 0.3) is 0 Å². The highest BCUT2D eigenvalue weighted by Crippen LogP contribution is 2.39. The summed E-state index contributed by atoms with van der Waals surface area (Å²) < 4.78 is 216. The van der Waals surface area contributed by atoms with Crippen LogP contribution in [0.3, 0.4) is 0 Å². The molecule has 0 aliphatic heterocycles. The van der Waals surface area contributed by atoms with Gasteiger partial charge in [0.05, 0.1) is 48.2 Å². The molecule has 324 valence electrons. The van der Waals surface area contributed by atoms with Crippen LogP contribution < -0.4 is 20.7 Å². The summed E-state index contributed by atoms with van der Waals surface area (Å²) in [5.41, 5.74) is -5.01. The molecule has 0 bridgehead atoms. The fraction of sp³-hybridized carbons (Fsp3) is 0. The fourth-order valence-corrected chi connectivity index (χ4v) is 13.8. The van der Waals surface area contributed by atoms with Crippen LogP contribution in [0.2, 0.25) is 0 Å². The molecular formula is C63H42N4OSi. The summed E-state index contributed by atoms with van der Waals surface area (Å²) in [6.45, 7) is 0. The van der Waals surface area contributed by atoms with Crippen LogP contribution in [0, 0.1) is 0 Å². The minimum atomic E-state index is -3.22. The summed E-state index contributed by atoms with van der Waals surface area (Å²) in [5, 5.41) is 2.34. The van der Waals surface area contributed by atoms with E-state index in [0.29, 0.717) is 0 Å². The van der Waals surface area contributed by atoms with Gasteiger partial charge in [0, 0.05) is 38.2 Å². The molecule has 0 amide bonds. The van der Waals surface area contributed by atoms with Gasteiger partial charge in [-0.1, -0.05) is 218 Å². The average Bonchev–Trinajstić information content (AvgIpc) is 1.50. The smallest absolute Gasteiger partial charge is 0.179 e. The first-order chi connectivity index (χ1) is 43.8. The van der Waals surface area contributed by atoms with E-state index in [2.05, 4.69) is 36.4 Å². The minimum absolute atomic E-state index is 0.196. The van der Waals surface area contributed by atoms with Crippen molar-refractivity contribution in [3.05, 3.63) is 254 Å². The average molecular weight is 922 g/mol. The highest BCUT2D eigenvalue weighted by molar-refractivity contribution is 7.19. The van der Waals surface area contributed by atoms with E-state index in [4.69, 9.17) is 38.6 Å². The first-order valence-corrected chi connectivity index (χ1v) is 23.5. The number of nitrogens with zero attached hydrogens (tertiary/aromatic N) is 4. The van der Waals surface area contributed by atoms with E-state index in [-0.39, 0.29) is 22.2 Å². The second kappa shape index (κ2) is 16.7. The number of para-hydroxylation sites is 4. The summed E-state index contributed by atoms with van der Waals surface area (Å²) in [6.07, 6.45) is 0. The Morgan fingerprint density at radius 2 is 0.826 bits per heavy atom. The van der Waals surface area contributed by atoms with Crippen molar-refractivity contribution in [2.24, 2.45) is 0 Å². The van der Waals surface area contributed by atoms with E-state index in [1.54, 1.807) is 12.1 Å². The summed E-state index contributed by atoms with van der Waals surface area (Å²) >= 11 is 0. The van der Waals surface area contributed by atoms with Gasteiger partial charge < -0.3 is 8.98 Å². The Bertz CT molecular complexity index is 5180. The van der Waals surface area contributed by atoms with E-state index >= 15 is 0 Å². The number of benzene rings is 10. The van der Waals surface area contributed by atoms with E-state index in [9.17, 15) is 12.3 Å². The highest BCUT2D eigenvalue weighted by Gasteiger charge is 2.41. The zero-order valence-electron chi connectivity index (χ0n) is 58.7. The summed E-state index contributed by atoms with van der Waals surface area (Å²) in [5.74, 6) is -1.63. The maximum Gasteiger partial charge on any atom is 0.179 e. The number of fused-ring (bicyclic) bond motifs is 6. The van der Waals surface area contributed by atoms with Crippen LogP contribution in [0.4, 0.5) is 0 Å². The van der Waals surface area contributed by atoms with Gasteiger partial charge in [0.1, 0.15) is 11.2 Å².